The number of carboxylic acids is 1. The first-order valence-electron chi connectivity index (χ1n) is 5.62. The molecule has 1 amide bonds. The minimum atomic E-state index is -1.06. The quantitative estimate of drug-likeness (QED) is 0.525. The van der Waals surface area contributed by atoms with Crippen LogP contribution in [-0.2, 0) is 19.0 Å². The lowest BCUT2D eigenvalue weighted by molar-refractivity contribution is -0.163. The molecule has 2 N–H and O–H groups in total. The Morgan fingerprint density at radius 1 is 1.28 bits per heavy atom. The van der Waals surface area contributed by atoms with Crippen LogP contribution < -0.4 is 5.32 Å². The van der Waals surface area contributed by atoms with Crippen LogP contribution in [0.1, 0.15) is 27.7 Å². The fourth-order valence-corrected chi connectivity index (χ4v) is 0.929. The van der Waals surface area contributed by atoms with Crippen molar-refractivity contribution in [1.82, 2.24) is 5.32 Å². The summed E-state index contributed by atoms with van der Waals surface area (Å²) in [6.45, 7) is 6.94. The normalized spacial score (nSPS) is 12.9. The van der Waals surface area contributed by atoms with Gasteiger partial charge in [0.1, 0.15) is 12.2 Å². The number of ether oxygens (including phenoxy) is 3. The molecular formula is C11H21NO6. The zero-order chi connectivity index (χ0) is 14.2. The summed E-state index contributed by atoms with van der Waals surface area (Å²) >= 11 is 0. The van der Waals surface area contributed by atoms with Gasteiger partial charge in [-0.05, 0) is 27.7 Å². The van der Waals surface area contributed by atoms with E-state index in [2.05, 4.69) is 5.32 Å². The van der Waals surface area contributed by atoms with Crippen LogP contribution in [0.3, 0.4) is 0 Å². The summed E-state index contributed by atoms with van der Waals surface area (Å²) in [5, 5.41) is 10.9. The molecule has 18 heavy (non-hydrogen) atoms. The first kappa shape index (κ1) is 16.7. The van der Waals surface area contributed by atoms with E-state index in [0.717, 1.165) is 0 Å². The molecule has 7 nitrogen and oxygen atoms in total. The molecule has 0 heterocycles. The van der Waals surface area contributed by atoms with Crippen molar-refractivity contribution in [1.29, 1.82) is 0 Å². The Morgan fingerprint density at radius 2 is 1.89 bits per heavy atom. The van der Waals surface area contributed by atoms with E-state index in [-0.39, 0.29) is 13.2 Å². The summed E-state index contributed by atoms with van der Waals surface area (Å²) in [4.78, 5) is 21.4. The molecule has 0 rings (SSSR count). The smallest absolute Gasteiger partial charge is 0.407 e. The third-order valence-electron chi connectivity index (χ3n) is 1.56. The summed E-state index contributed by atoms with van der Waals surface area (Å²) in [5.41, 5.74) is -0.539. The maximum absolute atomic E-state index is 11.2. The van der Waals surface area contributed by atoms with Gasteiger partial charge in [-0.15, -0.1) is 0 Å². The van der Waals surface area contributed by atoms with Crippen molar-refractivity contribution >= 4 is 12.1 Å². The number of nitrogens with one attached hydrogen (secondary N) is 1. The molecule has 0 aromatic heterocycles. The zero-order valence-electron chi connectivity index (χ0n) is 11.2. The summed E-state index contributed by atoms with van der Waals surface area (Å²) in [7, 11) is 0. The van der Waals surface area contributed by atoms with Crippen molar-refractivity contribution in [2.75, 3.05) is 19.8 Å². The van der Waals surface area contributed by atoms with Crippen molar-refractivity contribution in [3.63, 3.8) is 0 Å². The van der Waals surface area contributed by atoms with E-state index >= 15 is 0 Å². The zero-order valence-corrected chi connectivity index (χ0v) is 11.2. The molecule has 0 aliphatic heterocycles. The predicted molar refractivity (Wildman–Crippen MR) is 63.2 cm³/mol. The van der Waals surface area contributed by atoms with Crippen LogP contribution in [0, 0.1) is 0 Å². The van der Waals surface area contributed by atoms with E-state index < -0.39 is 30.6 Å². The number of hydrogen-bond acceptors (Lipinski definition) is 5. The van der Waals surface area contributed by atoms with E-state index in [1.165, 1.54) is 0 Å². The lowest BCUT2D eigenvalue weighted by Gasteiger charge is -2.20. The topological polar surface area (TPSA) is 94.1 Å². The number of rotatable bonds is 7. The molecule has 1 unspecified atom stereocenters. The number of carbonyl (C=O) groups excluding carboxylic acids is 1. The standard InChI is InChI=1S/C11H21NO6/c1-8(17-7-9(13)14)16-6-5-12-10(15)18-11(2,3)4/h8H,5-7H2,1-4H3,(H,12,15)(H,13,14). The Bertz CT molecular complexity index is 273. The molecule has 0 radical (unpaired) electrons. The molecular weight excluding hydrogens is 242 g/mol. The highest BCUT2D eigenvalue weighted by Gasteiger charge is 2.15. The largest absolute Gasteiger partial charge is 0.480 e. The van der Waals surface area contributed by atoms with Gasteiger partial charge in [0.2, 0.25) is 0 Å². The van der Waals surface area contributed by atoms with Crippen LogP contribution in [0.2, 0.25) is 0 Å². The Balaban J connectivity index is 3.55. The molecule has 7 heteroatoms. The fraction of sp³-hybridized carbons (Fsp3) is 0.818. The number of amides is 1. The highest BCUT2D eigenvalue weighted by molar-refractivity contribution is 5.68. The van der Waals surface area contributed by atoms with Crippen molar-refractivity contribution in [3.05, 3.63) is 0 Å². The van der Waals surface area contributed by atoms with E-state index in [9.17, 15) is 9.59 Å². The molecule has 0 aromatic carbocycles. The first-order valence-corrected chi connectivity index (χ1v) is 5.62. The molecule has 0 aromatic rings. The van der Waals surface area contributed by atoms with Crippen LogP contribution in [0.4, 0.5) is 4.79 Å². The van der Waals surface area contributed by atoms with Gasteiger partial charge in [-0.3, -0.25) is 0 Å². The average Bonchev–Trinajstić information content (AvgIpc) is 2.19. The van der Waals surface area contributed by atoms with E-state index in [1.807, 2.05) is 0 Å². The van der Waals surface area contributed by atoms with Gasteiger partial charge in [-0.25, -0.2) is 9.59 Å². The SMILES string of the molecule is CC(OCCNC(=O)OC(C)(C)C)OCC(=O)O. The van der Waals surface area contributed by atoms with Gasteiger partial charge in [-0.1, -0.05) is 0 Å². The van der Waals surface area contributed by atoms with Crippen LogP contribution in [-0.4, -0.2) is 48.8 Å². The summed E-state index contributed by atoms with van der Waals surface area (Å²) in [6.07, 6.45) is -1.16. The Morgan fingerprint density at radius 3 is 2.39 bits per heavy atom. The van der Waals surface area contributed by atoms with Crippen LogP contribution in [0.25, 0.3) is 0 Å². The van der Waals surface area contributed by atoms with Crippen molar-refractivity contribution in [3.8, 4) is 0 Å². The Kier molecular flexibility index (Phi) is 7.30. The van der Waals surface area contributed by atoms with E-state index in [0.29, 0.717) is 0 Å². The third kappa shape index (κ3) is 11.2. The molecule has 0 spiro atoms. The van der Waals surface area contributed by atoms with Gasteiger partial charge in [0.15, 0.2) is 6.29 Å². The highest BCUT2D eigenvalue weighted by atomic mass is 16.7. The van der Waals surface area contributed by atoms with Gasteiger partial charge in [-0.2, -0.15) is 0 Å². The predicted octanol–water partition coefficient (Wildman–Crippen LogP) is 0.975. The minimum Gasteiger partial charge on any atom is -0.480 e. The monoisotopic (exact) mass is 263 g/mol. The maximum Gasteiger partial charge on any atom is 0.407 e. The van der Waals surface area contributed by atoms with Crippen molar-refractivity contribution < 1.29 is 28.9 Å². The second kappa shape index (κ2) is 7.88. The summed E-state index contributed by atoms with van der Waals surface area (Å²) in [5.74, 6) is -1.06. The molecule has 0 saturated carbocycles. The Labute approximate surface area is 106 Å². The lowest BCUT2D eigenvalue weighted by Crippen LogP contribution is -2.34. The fourth-order valence-electron chi connectivity index (χ4n) is 0.929. The Hall–Kier alpha value is -1.34. The van der Waals surface area contributed by atoms with Gasteiger partial charge in [0, 0.05) is 6.54 Å². The van der Waals surface area contributed by atoms with Gasteiger partial charge in [0.05, 0.1) is 6.61 Å². The molecule has 106 valence electrons. The van der Waals surface area contributed by atoms with Gasteiger partial charge >= 0.3 is 12.1 Å². The lowest BCUT2D eigenvalue weighted by atomic mass is 10.2. The van der Waals surface area contributed by atoms with Crippen molar-refractivity contribution in [2.45, 2.75) is 39.6 Å². The molecule has 0 fully saturated rings. The van der Waals surface area contributed by atoms with E-state index in [1.54, 1.807) is 27.7 Å². The van der Waals surface area contributed by atoms with Gasteiger partial charge < -0.3 is 24.6 Å². The third-order valence-corrected chi connectivity index (χ3v) is 1.56. The van der Waals surface area contributed by atoms with Gasteiger partial charge in [0.25, 0.3) is 0 Å². The number of carboxylic acid groups (broad SMARTS) is 1. The number of aliphatic carboxylic acids is 1. The highest BCUT2D eigenvalue weighted by Crippen LogP contribution is 2.06. The average molecular weight is 263 g/mol. The number of alkyl carbamates (subject to hydrolysis) is 1. The first-order chi connectivity index (χ1) is 8.20. The van der Waals surface area contributed by atoms with Crippen LogP contribution in [0.15, 0.2) is 0 Å². The molecule has 0 aliphatic rings. The van der Waals surface area contributed by atoms with Crippen LogP contribution in [0.5, 0.6) is 0 Å². The molecule has 0 saturated heterocycles. The molecule has 0 aliphatic carbocycles. The minimum absolute atomic E-state index is 0.208. The maximum atomic E-state index is 11.2. The van der Waals surface area contributed by atoms with Crippen molar-refractivity contribution in [2.24, 2.45) is 0 Å². The summed E-state index contributed by atoms with van der Waals surface area (Å²) < 4.78 is 15.0. The number of hydrogen-bond donors (Lipinski definition) is 2. The van der Waals surface area contributed by atoms with Crippen LogP contribution >= 0.6 is 0 Å². The molecule has 0 bridgehead atoms. The van der Waals surface area contributed by atoms with E-state index in [4.69, 9.17) is 19.3 Å². The summed E-state index contributed by atoms with van der Waals surface area (Å²) in [6, 6.07) is 0. The number of carbonyl (C=O) groups is 2. The second-order valence-corrected chi connectivity index (χ2v) is 4.57. The molecule has 1 atom stereocenters. The second-order valence-electron chi connectivity index (χ2n) is 4.57.